The molecule has 0 radical (unpaired) electrons. The Balaban J connectivity index is 2.11. The van der Waals surface area contributed by atoms with E-state index in [-0.39, 0.29) is 5.56 Å². The van der Waals surface area contributed by atoms with Crippen molar-refractivity contribution in [2.24, 2.45) is 0 Å². The lowest BCUT2D eigenvalue weighted by Gasteiger charge is -2.07. The van der Waals surface area contributed by atoms with Gasteiger partial charge in [0.25, 0.3) is 5.91 Å². The highest BCUT2D eigenvalue weighted by Gasteiger charge is 2.12. The first-order valence-corrected chi connectivity index (χ1v) is 7.40. The van der Waals surface area contributed by atoms with Crippen LogP contribution in [0.3, 0.4) is 0 Å². The van der Waals surface area contributed by atoms with Gasteiger partial charge in [0.05, 0.1) is 16.8 Å². The summed E-state index contributed by atoms with van der Waals surface area (Å²) >= 11 is 0. The molecular formula is C18H16FN3O. The van der Waals surface area contributed by atoms with Crippen molar-refractivity contribution in [3.63, 3.8) is 0 Å². The molecule has 0 aliphatic heterocycles. The van der Waals surface area contributed by atoms with E-state index in [0.29, 0.717) is 11.3 Å². The van der Waals surface area contributed by atoms with Gasteiger partial charge >= 0.3 is 0 Å². The number of nitrogens with one attached hydrogen (secondary N) is 1. The first-order valence-electron chi connectivity index (χ1n) is 7.40. The largest absolute Gasteiger partial charge is 0.355 e. The van der Waals surface area contributed by atoms with E-state index in [1.54, 1.807) is 12.3 Å². The molecular weight excluding hydrogens is 293 g/mol. The summed E-state index contributed by atoms with van der Waals surface area (Å²) in [6.45, 7) is 2.04. The van der Waals surface area contributed by atoms with Crippen molar-refractivity contribution in [1.82, 2.24) is 15.3 Å². The second kappa shape index (κ2) is 6.12. The Labute approximate surface area is 133 Å². The van der Waals surface area contributed by atoms with Crippen LogP contribution in [0.25, 0.3) is 22.2 Å². The number of pyridine rings is 2. The molecule has 0 saturated carbocycles. The number of benzene rings is 1. The van der Waals surface area contributed by atoms with Crippen LogP contribution >= 0.6 is 0 Å². The first-order chi connectivity index (χ1) is 11.1. The molecule has 2 aromatic heterocycles. The zero-order valence-electron chi connectivity index (χ0n) is 12.9. The van der Waals surface area contributed by atoms with Gasteiger partial charge in [-0.15, -0.1) is 0 Å². The molecule has 1 N–H and O–H groups in total. The van der Waals surface area contributed by atoms with Crippen LogP contribution in [-0.4, -0.2) is 22.9 Å². The van der Waals surface area contributed by atoms with Crippen LogP contribution in [0.1, 0.15) is 23.0 Å². The molecule has 0 spiro atoms. The number of nitrogens with zero attached hydrogens (tertiary/aromatic N) is 2. The number of carbonyl (C=O) groups excluding carboxylic acids is 1. The fourth-order valence-corrected chi connectivity index (χ4v) is 2.41. The van der Waals surface area contributed by atoms with E-state index in [1.165, 1.54) is 19.2 Å². The molecule has 0 unspecified atom stereocenters. The lowest BCUT2D eigenvalue weighted by Crippen LogP contribution is -2.19. The topological polar surface area (TPSA) is 54.9 Å². The fourth-order valence-electron chi connectivity index (χ4n) is 2.41. The average Bonchev–Trinajstić information content (AvgIpc) is 2.60. The van der Waals surface area contributed by atoms with Crippen LogP contribution < -0.4 is 5.32 Å². The molecule has 0 aliphatic carbocycles. The van der Waals surface area contributed by atoms with Crippen LogP contribution in [0.2, 0.25) is 0 Å². The molecule has 1 aromatic carbocycles. The molecule has 4 nitrogen and oxygen atoms in total. The molecule has 0 atom stereocenters. The molecule has 0 fully saturated rings. The molecule has 1 amide bonds. The van der Waals surface area contributed by atoms with Gasteiger partial charge in [-0.3, -0.25) is 9.78 Å². The molecule has 116 valence electrons. The summed E-state index contributed by atoms with van der Waals surface area (Å²) in [6.07, 6.45) is 2.63. The van der Waals surface area contributed by atoms with Crippen molar-refractivity contribution < 1.29 is 9.18 Å². The first kappa shape index (κ1) is 15.1. The van der Waals surface area contributed by atoms with E-state index < -0.39 is 11.7 Å². The molecule has 5 heteroatoms. The number of rotatable bonds is 3. The second-order valence-corrected chi connectivity index (χ2v) is 5.19. The fraction of sp³-hybridized carbons (Fsp3) is 0.167. The van der Waals surface area contributed by atoms with Gasteiger partial charge in [0.1, 0.15) is 5.82 Å². The highest BCUT2D eigenvalue weighted by Crippen LogP contribution is 2.23. The predicted octanol–water partition coefficient (Wildman–Crippen LogP) is 3.36. The number of fused-ring (bicyclic) bond motifs is 1. The maximum atomic E-state index is 13.8. The summed E-state index contributed by atoms with van der Waals surface area (Å²) in [4.78, 5) is 20.7. The van der Waals surface area contributed by atoms with Gasteiger partial charge in [0.15, 0.2) is 0 Å². The SMILES string of the molecule is CCc1cc2nc(-c3ccc(F)c(C(=O)NC)c3)ccc2cn1. The molecule has 2 heterocycles. The minimum Gasteiger partial charge on any atom is -0.355 e. The third-order valence-corrected chi connectivity index (χ3v) is 3.73. The predicted molar refractivity (Wildman–Crippen MR) is 87.7 cm³/mol. The van der Waals surface area contributed by atoms with Crippen molar-refractivity contribution in [3.05, 3.63) is 59.7 Å². The van der Waals surface area contributed by atoms with Gasteiger partial charge in [0, 0.05) is 29.9 Å². The van der Waals surface area contributed by atoms with Crippen LogP contribution in [-0.2, 0) is 6.42 Å². The smallest absolute Gasteiger partial charge is 0.254 e. The summed E-state index contributed by atoms with van der Waals surface area (Å²) in [5, 5.41) is 3.38. The van der Waals surface area contributed by atoms with Crippen LogP contribution in [0.4, 0.5) is 4.39 Å². The zero-order chi connectivity index (χ0) is 16.4. The summed E-state index contributed by atoms with van der Waals surface area (Å²) in [5.74, 6) is -1.01. The van der Waals surface area contributed by atoms with E-state index in [0.717, 1.165) is 23.0 Å². The number of amides is 1. The van der Waals surface area contributed by atoms with Crippen molar-refractivity contribution in [3.8, 4) is 11.3 Å². The molecule has 0 saturated heterocycles. The average molecular weight is 309 g/mol. The summed E-state index contributed by atoms with van der Waals surface area (Å²) in [7, 11) is 1.47. The molecule has 3 aromatic rings. The van der Waals surface area contributed by atoms with Crippen molar-refractivity contribution in [2.75, 3.05) is 7.05 Å². The number of carbonyl (C=O) groups is 1. The molecule has 23 heavy (non-hydrogen) atoms. The highest BCUT2D eigenvalue weighted by molar-refractivity contribution is 5.95. The lowest BCUT2D eigenvalue weighted by molar-refractivity contribution is 0.0959. The third kappa shape index (κ3) is 2.90. The third-order valence-electron chi connectivity index (χ3n) is 3.73. The standard InChI is InChI=1S/C18H16FN3O/c1-3-13-9-17-12(10-21-13)5-7-16(22-17)11-4-6-15(19)14(8-11)18(23)20-2/h4-10H,3H2,1-2H3,(H,20,23). The number of aryl methyl sites for hydroxylation is 1. The molecule has 0 aliphatic rings. The van der Waals surface area contributed by atoms with Crippen molar-refractivity contribution in [1.29, 1.82) is 0 Å². The minimum absolute atomic E-state index is 0.0101. The maximum Gasteiger partial charge on any atom is 0.254 e. The second-order valence-electron chi connectivity index (χ2n) is 5.19. The number of aromatic nitrogens is 2. The summed E-state index contributed by atoms with van der Waals surface area (Å²) in [5.41, 5.74) is 3.20. The quantitative estimate of drug-likeness (QED) is 0.807. The van der Waals surface area contributed by atoms with Crippen LogP contribution in [0.15, 0.2) is 42.6 Å². The van der Waals surface area contributed by atoms with E-state index in [4.69, 9.17) is 0 Å². The van der Waals surface area contributed by atoms with E-state index in [9.17, 15) is 9.18 Å². The van der Waals surface area contributed by atoms with Crippen LogP contribution in [0, 0.1) is 5.82 Å². The van der Waals surface area contributed by atoms with Gasteiger partial charge < -0.3 is 5.32 Å². The maximum absolute atomic E-state index is 13.8. The van der Waals surface area contributed by atoms with Gasteiger partial charge in [-0.1, -0.05) is 6.92 Å². The monoisotopic (exact) mass is 309 g/mol. The Morgan fingerprint density at radius 1 is 1.22 bits per heavy atom. The Hall–Kier alpha value is -2.82. The van der Waals surface area contributed by atoms with Gasteiger partial charge in [0.2, 0.25) is 0 Å². The van der Waals surface area contributed by atoms with Crippen molar-refractivity contribution in [2.45, 2.75) is 13.3 Å². The number of hydrogen-bond donors (Lipinski definition) is 1. The lowest BCUT2D eigenvalue weighted by atomic mass is 10.1. The van der Waals surface area contributed by atoms with E-state index >= 15 is 0 Å². The highest BCUT2D eigenvalue weighted by atomic mass is 19.1. The molecule has 0 bridgehead atoms. The number of hydrogen-bond acceptors (Lipinski definition) is 3. The minimum atomic E-state index is -0.550. The molecule has 3 rings (SSSR count). The van der Waals surface area contributed by atoms with E-state index in [1.807, 2.05) is 25.1 Å². The van der Waals surface area contributed by atoms with Gasteiger partial charge in [-0.25, -0.2) is 9.37 Å². The Kier molecular flexibility index (Phi) is 4.02. The number of halogens is 1. The van der Waals surface area contributed by atoms with Gasteiger partial charge in [-0.2, -0.15) is 0 Å². The zero-order valence-corrected chi connectivity index (χ0v) is 12.9. The Bertz CT molecular complexity index is 893. The summed E-state index contributed by atoms with van der Waals surface area (Å²) < 4.78 is 13.8. The Morgan fingerprint density at radius 2 is 2.04 bits per heavy atom. The Morgan fingerprint density at radius 3 is 2.78 bits per heavy atom. The van der Waals surface area contributed by atoms with Gasteiger partial charge in [-0.05, 0) is 42.8 Å². The van der Waals surface area contributed by atoms with Crippen molar-refractivity contribution >= 4 is 16.8 Å². The van der Waals surface area contributed by atoms with Crippen LogP contribution in [0.5, 0.6) is 0 Å². The normalized spacial score (nSPS) is 10.7. The van der Waals surface area contributed by atoms with E-state index in [2.05, 4.69) is 15.3 Å². The summed E-state index contributed by atoms with van der Waals surface area (Å²) in [6, 6.07) is 10.1.